The summed E-state index contributed by atoms with van der Waals surface area (Å²) >= 11 is 3.28. The van der Waals surface area contributed by atoms with Gasteiger partial charge in [-0.1, -0.05) is 30.3 Å². The van der Waals surface area contributed by atoms with E-state index in [0.717, 1.165) is 17.9 Å². The highest BCUT2D eigenvalue weighted by atomic mass is 79.9. The molecule has 1 fully saturated rings. The van der Waals surface area contributed by atoms with Crippen molar-refractivity contribution in [2.75, 3.05) is 12.9 Å². The summed E-state index contributed by atoms with van der Waals surface area (Å²) in [6.07, 6.45) is 2.33. The van der Waals surface area contributed by atoms with Gasteiger partial charge in [0.2, 0.25) is 14.6 Å². The molecule has 7 nitrogen and oxygen atoms in total. The Kier molecular flexibility index (Phi) is 4.51. The first-order chi connectivity index (χ1) is 12.9. The van der Waals surface area contributed by atoms with Crippen LogP contribution in [-0.4, -0.2) is 42.0 Å². The van der Waals surface area contributed by atoms with Crippen molar-refractivity contribution >= 4 is 42.5 Å². The van der Waals surface area contributed by atoms with Crippen LogP contribution in [0, 0.1) is 0 Å². The topological polar surface area (TPSA) is 91.2 Å². The Bertz CT molecular complexity index is 1150. The maximum absolute atomic E-state index is 12.7. The second-order valence-corrected chi connectivity index (χ2v) is 9.01. The number of sulfone groups is 1. The minimum absolute atomic E-state index is 0.246. The Morgan fingerprint density at radius 3 is 2.56 bits per heavy atom. The smallest absolute Gasteiger partial charge is 0.321 e. The van der Waals surface area contributed by atoms with Crippen LogP contribution in [0.4, 0.5) is 0 Å². The fourth-order valence-electron chi connectivity index (χ4n) is 3.19. The van der Waals surface area contributed by atoms with Crippen LogP contribution in [0.5, 0.6) is 0 Å². The predicted octanol–water partition coefficient (Wildman–Crippen LogP) is 3.01. The molecule has 1 saturated carbocycles. The van der Waals surface area contributed by atoms with Crippen LogP contribution in [-0.2, 0) is 19.4 Å². The van der Waals surface area contributed by atoms with E-state index in [9.17, 15) is 13.2 Å². The lowest BCUT2D eigenvalue weighted by molar-refractivity contribution is -0.137. The molecule has 1 heterocycles. The summed E-state index contributed by atoms with van der Waals surface area (Å²) in [7, 11) is -2.89. The highest BCUT2D eigenvalue weighted by Gasteiger charge is 2.30. The Hall–Kier alpha value is -2.26. The molecule has 4 rings (SSSR count). The van der Waals surface area contributed by atoms with E-state index < -0.39 is 21.6 Å². The largest absolute Gasteiger partial charge is 0.468 e. The van der Waals surface area contributed by atoms with Gasteiger partial charge in [0.1, 0.15) is 0 Å². The second kappa shape index (κ2) is 6.72. The Morgan fingerprint density at radius 1 is 1.19 bits per heavy atom. The number of carbonyl (C=O) groups is 1. The number of ether oxygens (including phenoxy) is 1. The van der Waals surface area contributed by atoms with Gasteiger partial charge in [0.05, 0.1) is 12.8 Å². The SMILES string of the molecule is COC(=O)CS(=O)(=O)c1nnc(Br)n1-c1ccc(C2CC2)c2ccccc12. The Labute approximate surface area is 164 Å². The first-order valence-electron chi connectivity index (χ1n) is 8.35. The molecule has 27 heavy (non-hydrogen) atoms. The number of carbonyl (C=O) groups excluding carboxylic acids is 1. The molecule has 0 saturated heterocycles. The first kappa shape index (κ1) is 18.1. The van der Waals surface area contributed by atoms with Gasteiger partial charge in [-0.15, -0.1) is 10.2 Å². The third kappa shape index (κ3) is 3.25. The average Bonchev–Trinajstić information content (AvgIpc) is 3.42. The summed E-state index contributed by atoms with van der Waals surface area (Å²) in [5.41, 5.74) is 1.90. The van der Waals surface area contributed by atoms with E-state index in [-0.39, 0.29) is 9.89 Å². The van der Waals surface area contributed by atoms with Crippen LogP contribution >= 0.6 is 15.9 Å². The maximum atomic E-state index is 12.7. The highest BCUT2D eigenvalue weighted by molar-refractivity contribution is 9.10. The minimum Gasteiger partial charge on any atom is -0.468 e. The molecule has 0 N–H and O–H groups in total. The van der Waals surface area contributed by atoms with Crippen molar-refractivity contribution in [3.05, 3.63) is 46.7 Å². The van der Waals surface area contributed by atoms with E-state index in [2.05, 4.69) is 30.9 Å². The third-order valence-corrected chi connectivity index (χ3v) is 6.55. The molecule has 3 aromatic rings. The molecule has 1 aromatic heterocycles. The number of methoxy groups -OCH3 is 1. The Balaban J connectivity index is 1.92. The Morgan fingerprint density at radius 2 is 1.89 bits per heavy atom. The van der Waals surface area contributed by atoms with E-state index >= 15 is 0 Å². The number of hydrogen-bond donors (Lipinski definition) is 0. The lowest BCUT2D eigenvalue weighted by Crippen LogP contribution is -2.20. The molecule has 0 amide bonds. The van der Waals surface area contributed by atoms with Gasteiger partial charge in [0.25, 0.3) is 5.16 Å². The van der Waals surface area contributed by atoms with Crippen LogP contribution in [0.25, 0.3) is 16.5 Å². The number of nitrogens with zero attached hydrogens (tertiary/aromatic N) is 3. The van der Waals surface area contributed by atoms with Gasteiger partial charge in [-0.25, -0.2) is 8.42 Å². The molecule has 0 unspecified atom stereocenters. The van der Waals surface area contributed by atoms with Gasteiger partial charge >= 0.3 is 5.97 Å². The van der Waals surface area contributed by atoms with E-state index in [1.807, 2.05) is 36.4 Å². The third-order valence-electron chi connectivity index (χ3n) is 4.60. The second-order valence-electron chi connectivity index (χ2n) is 6.42. The standard InChI is InChI=1S/C18H16BrN3O4S/c1-26-16(23)10-27(24,25)18-21-20-17(19)22(18)15-9-8-12(11-6-7-11)13-4-2-3-5-14(13)15/h2-5,8-9,11H,6-7,10H2,1H3. The molecule has 9 heteroatoms. The van der Waals surface area contributed by atoms with Gasteiger partial charge in [-0.2, -0.15) is 0 Å². The van der Waals surface area contributed by atoms with Crippen molar-refractivity contribution in [1.82, 2.24) is 14.8 Å². The van der Waals surface area contributed by atoms with Crippen LogP contribution in [0.1, 0.15) is 24.3 Å². The van der Waals surface area contributed by atoms with Crippen molar-refractivity contribution in [2.24, 2.45) is 0 Å². The van der Waals surface area contributed by atoms with Gasteiger partial charge in [0.15, 0.2) is 5.75 Å². The van der Waals surface area contributed by atoms with Crippen molar-refractivity contribution < 1.29 is 17.9 Å². The van der Waals surface area contributed by atoms with Crippen molar-refractivity contribution in [1.29, 1.82) is 0 Å². The lowest BCUT2D eigenvalue weighted by Gasteiger charge is -2.14. The molecule has 1 aliphatic rings. The van der Waals surface area contributed by atoms with Crippen LogP contribution in [0.15, 0.2) is 46.3 Å². The van der Waals surface area contributed by atoms with E-state index in [1.165, 1.54) is 23.0 Å². The zero-order valence-electron chi connectivity index (χ0n) is 14.4. The summed E-state index contributed by atoms with van der Waals surface area (Å²) < 4.78 is 31.5. The quantitative estimate of drug-likeness (QED) is 0.555. The van der Waals surface area contributed by atoms with Gasteiger partial charge in [0, 0.05) is 5.39 Å². The van der Waals surface area contributed by atoms with Crippen molar-refractivity contribution in [2.45, 2.75) is 23.9 Å². The van der Waals surface area contributed by atoms with E-state index in [4.69, 9.17) is 0 Å². The molecular formula is C18H16BrN3O4S. The number of aromatic nitrogens is 3. The molecule has 0 atom stereocenters. The number of fused-ring (bicyclic) bond motifs is 1. The lowest BCUT2D eigenvalue weighted by atomic mass is 9.99. The summed E-state index contributed by atoms with van der Waals surface area (Å²) in [4.78, 5) is 11.5. The summed E-state index contributed by atoms with van der Waals surface area (Å²) in [6, 6.07) is 11.8. The number of benzene rings is 2. The molecule has 140 valence electrons. The summed E-state index contributed by atoms with van der Waals surface area (Å²) in [5, 5.41) is 9.34. The van der Waals surface area contributed by atoms with Crippen LogP contribution in [0.2, 0.25) is 0 Å². The normalized spacial score (nSPS) is 14.4. The fourth-order valence-corrected chi connectivity index (χ4v) is 4.93. The monoisotopic (exact) mass is 449 g/mol. The molecule has 0 spiro atoms. The molecule has 2 aromatic carbocycles. The zero-order valence-corrected chi connectivity index (χ0v) is 16.8. The minimum atomic E-state index is -4.03. The fraction of sp³-hybridized carbons (Fsp3) is 0.278. The number of rotatable bonds is 5. The molecule has 0 radical (unpaired) electrons. The summed E-state index contributed by atoms with van der Waals surface area (Å²) in [5.74, 6) is -1.10. The molecule has 0 aliphatic heterocycles. The average molecular weight is 450 g/mol. The maximum Gasteiger partial charge on any atom is 0.321 e. The van der Waals surface area contributed by atoms with Gasteiger partial charge < -0.3 is 4.74 Å². The highest BCUT2D eigenvalue weighted by Crippen LogP contribution is 2.44. The molecular weight excluding hydrogens is 434 g/mol. The molecule has 0 bridgehead atoms. The molecule has 1 aliphatic carbocycles. The van der Waals surface area contributed by atoms with E-state index in [1.54, 1.807) is 0 Å². The summed E-state index contributed by atoms with van der Waals surface area (Å²) in [6.45, 7) is 0. The number of esters is 1. The number of halogens is 1. The van der Waals surface area contributed by atoms with E-state index in [0.29, 0.717) is 11.6 Å². The zero-order chi connectivity index (χ0) is 19.2. The van der Waals surface area contributed by atoms with Crippen LogP contribution < -0.4 is 0 Å². The van der Waals surface area contributed by atoms with Gasteiger partial charge in [-0.3, -0.25) is 9.36 Å². The van der Waals surface area contributed by atoms with Crippen molar-refractivity contribution in [3.8, 4) is 5.69 Å². The van der Waals surface area contributed by atoms with Crippen molar-refractivity contribution in [3.63, 3.8) is 0 Å². The van der Waals surface area contributed by atoms with Gasteiger partial charge in [-0.05, 0) is 51.7 Å². The number of hydrogen-bond acceptors (Lipinski definition) is 6. The van der Waals surface area contributed by atoms with Crippen LogP contribution in [0.3, 0.4) is 0 Å². The first-order valence-corrected chi connectivity index (χ1v) is 10.8. The predicted molar refractivity (Wildman–Crippen MR) is 103 cm³/mol.